The van der Waals surface area contributed by atoms with Crippen LogP contribution in [0.25, 0.3) is 0 Å². The molecule has 0 aliphatic carbocycles. The minimum absolute atomic E-state index is 0.550. The van der Waals surface area contributed by atoms with Crippen LogP contribution in [-0.4, -0.2) is 31.1 Å². The minimum atomic E-state index is 0.550. The van der Waals surface area contributed by atoms with Gasteiger partial charge in [-0.2, -0.15) is 0 Å². The lowest BCUT2D eigenvalue weighted by Crippen LogP contribution is -2.37. The van der Waals surface area contributed by atoms with Crippen molar-refractivity contribution in [3.63, 3.8) is 0 Å². The molecule has 7 heteroatoms. The Bertz CT molecular complexity index is 895. The maximum atomic E-state index is 5.85. The van der Waals surface area contributed by atoms with Crippen LogP contribution in [0, 0.1) is 0 Å². The normalized spacial score (nSPS) is 11.2. The first-order chi connectivity index (χ1) is 14.3. The summed E-state index contributed by atoms with van der Waals surface area (Å²) < 4.78 is 11.3. The van der Waals surface area contributed by atoms with Gasteiger partial charge >= 0.3 is 0 Å². The SMILES string of the molecule is CCOc1ccc(Oc2cc(CNC(=NC)NCCc3cccs3)ccn2)cc1. The molecule has 152 valence electrons. The van der Waals surface area contributed by atoms with E-state index in [1.165, 1.54) is 4.88 Å². The summed E-state index contributed by atoms with van der Waals surface area (Å²) in [6, 6.07) is 15.6. The molecule has 29 heavy (non-hydrogen) atoms. The van der Waals surface area contributed by atoms with Crippen LogP contribution in [0.2, 0.25) is 0 Å². The molecule has 2 aromatic heterocycles. The molecular weight excluding hydrogens is 384 g/mol. The van der Waals surface area contributed by atoms with Gasteiger partial charge in [0.1, 0.15) is 11.5 Å². The standard InChI is InChI=1S/C22H26N4O2S/c1-3-27-18-6-8-19(9-7-18)28-21-15-17(10-12-24-21)16-26-22(23-2)25-13-11-20-5-4-14-29-20/h4-10,12,14-15H,3,11,13,16H2,1-2H3,(H2,23,25,26). The molecule has 0 amide bonds. The molecular formula is C22H26N4O2S. The molecule has 0 saturated heterocycles. The lowest BCUT2D eigenvalue weighted by molar-refractivity contribution is 0.339. The number of ether oxygens (including phenoxy) is 2. The molecule has 0 fully saturated rings. The van der Waals surface area contributed by atoms with Gasteiger partial charge in [0.05, 0.1) is 6.61 Å². The average Bonchev–Trinajstić information content (AvgIpc) is 3.26. The molecule has 0 unspecified atom stereocenters. The number of nitrogens with one attached hydrogen (secondary N) is 2. The van der Waals surface area contributed by atoms with Crippen molar-refractivity contribution in [2.75, 3.05) is 20.2 Å². The predicted molar refractivity (Wildman–Crippen MR) is 118 cm³/mol. The molecule has 0 aliphatic rings. The number of aromatic nitrogens is 1. The molecule has 3 aromatic rings. The van der Waals surface area contributed by atoms with Crippen LogP contribution >= 0.6 is 11.3 Å². The summed E-state index contributed by atoms with van der Waals surface area (Å²) in [4.78, 5) is 9.93. The van der Waals surface area contributed by atoms with Gasteiger partial charge in [0.15, 0.2) is 5.96 Å². The van der Waals surface area contributed by atoms with Gasteiger partial charge in [0.25, 0.3) is 0 Å². The van der Waals surface area contributed by atoms with Crippen LogP contribution in [-0.2, 0) is 13.0 Å². The molecule has 6 nitrogen and oxygen atoms in total. The van der Waals surface area contributed by atoms with Crippen LogP contribution in [0.5, 0.6) is 17.4 Å². The summed E-state index contributed by atoms with van der Waals surface area (Å²) in [6.45, 7) is 4.06. The van der Waals surface area contributed by atoms with E-state index in [0.29, 0.717) is 19.0 Å². The van der Waals surface area contributed by atoms with Crippen molar-refractivity contribution in [2.24, 2.45) is 4.99 Å². The topological polar surface area (TPSA) is 67.8 Å². The van der Waals surface area contributed by atoms with E-state index in [1.54, 1.807) is 24.6 Å². The molecule has 2 heterocycles. The summed E-state index contributed by atoms with van der Waals surface area (Å²) in [5, 5.41) is 8.75. The zero-order valence-electron chi connectivity index (χ0n) is 16.7. The van der Waals surface area contributed by atoms with Crippen molar-refractivity contribution in [1.82, 2.24) is 15.6 Å². The lowest BCUT2D eigenvalue weighted by atomic mass is 10.2. The molecule has 0 bridgehead atoms. The number of hydrogen-bond donors (Lipinski definition) is 2. The van der Waals surface area contributed by atoms with Gasteiger partial charge in [-0.05, 0) is 60.7 Å². The Morgan fingerprint density at radius 2 is 1.93 bits per heavy atom. The highest BCUT2D eigenvalue weighted by Gasteiger charge is 2.03. The third-order valence-corrected chi connectivity index (χ3v) is 5.02. The average molecular weight is 411 g/mol. The van der Waals surface area contributed by atoms with E-state index < -0.39 is 0 Å². The van der Waals surface area contributed by atoms with Crippen LogP contribution in [0.3, 0.4) is 0 Å². The number of aliphatic imine (C=N–C) groups is 1. The summed E-state index contributed by atoms with van der Waals surface area (Å²) in [5.74, 6) is 2.86. The fraction of sp³-hybridized carbons (Fsp3) is 0.273. The van der Waals surface area contributed by atoms with Gasteiger partial charge in [-0.3, -0.25) is 4.99 Å². The van der Waals surface area contributed by atoms with Gasteiger partial charge in [-0.25, -0.2) is 4.98 Å². The second-order valence-corrected chi connectivity index (χ2v) is 7.22. The van der Waals surface area contributed by atoms with Crippen molar-refractivity contribution in [1.29, 1.82) is 0 Å². The first kappa shape index (κ1) is 20.7. The van der Waals surface area contributed by atoms with E-state index in [4.69, 9.17) is 9.47 Å². The summed E-state index contributed by atoms with van der Waals surface area (Å²) >= 11 is 1.77. The Balaban J connectivity index is 1.49. The second kappa shape index (κ2) is 11.1. The zero-order chi connectivity index (χ0) is 20.3. The number of benzene rings is 1. The van der Waals surface area contributed by atoms with Crippen molar-refractivity contribution in [3.05, 3.63) is 70.5 Å². The van der Waals surface area contributed by atoms with Crippen LogP contribution in [0.4, 0.5) is 0 Å². The molecule has 0 radical (unpaired) electrons. The molecule has 0 saturated carbocycles. The van der Waals surface area contributed by atoms with E-state index in [9.17, 15) is 0 Å². The fourth-order valence-corrected chi connectivity index (χ4v) is 3.38. The van der Waals surface area contributed by atoms with E-state index in [1.807, 2.05) is 43.3 Å². The number of guanidine groups is 1. The molecule has 1 aromatic carbocycles. The summed E-state index contributed by atoms with van der Waals surface area (Å²) in [5.41, 5.74) is 1.06. The highest BCUT2D eigenvalue weighted by Crippen LogP contribution is 2.23. The first-order valence-corrected chi connectivity index (χ1v) is 10.5. The Hall–Kier alpha value is -3.06. The fourth-order valence-electron chi connectivity index (χ4n) is 2.67. The smallest absolute Gasteiger partial charge is 0.219 e. The van der Waals surface area contributed by atoms with Crippen molar-refractivity contribution in [3.8, 4) is 17.4 Å². The van der Waals surface area contributed by atoms with E-state index in [0.717, 1.165) is 36.0 Å². The molecule has 0 atom stereocenters. The monoisotopic (exact) mass is 410 g/mol. The largest absolute Gasteiger partial charge is 0.494 e. The maximum Gasteiger partial charge on any atom is 0.219 e. The van der Waals surface area contributed by atoms with Crippen molar-refractivity contribution >= 4 is 17.3 Å². The number of hydrogen-bond acceptors (Lipinski definition) is 5. The Morgan fingerprint density at radius 3 is 2.66 bits per heavy atom. The third kappa shape index (κ3) is 6.80. The summed E-state index contributed by atoms with van der Waals surface area (Å²) in [6.07, 6.45) is 2.72. The van der Waals surface area contributed by atoms with E-state index >= 15 is 0 Å². The highest BCUT2D eigenvalue weighted by molar-refractivity contribution is 7.09. The molecule has 0 spiro atoms. The minimum Gasteiger partial charge on any atom is -0.494 e. The van der Waals surface area contributed by atoms with Gasteiger partial charge < -0.3 is 20.1 Å². The van der Waals surface area contributed by atoms with E-state index in [2.05, 4.69) is 38.1 Å². The highest BCUT2D eigenvalue weighted by atomic mass is 32.1. The number of nitrogens with zero attached hydrogens (tertiary/aromatic N) is 2. The molecule has 2 N–H and O–H groups in total. The van der Waals surface area contributed by atoms with Gasteiger partial charge in [0.2, 0.25) is 5.88 Å². The maximum absolute atomic E-state index is 5.85. The Kier molecular flexibility index (Phi) is 7.89. The van der Waals surface area contributed by atoms with Crippen LogP contribution < -0.4 is 20.1 Å². The van der Waals surface area contributed by atoms with Gasteiger partial charge in [0, 0.05) is 37.3 Å². The predicted octanol–water partition coefficient (Wildman–Crippen LogP) is 4.24. The first-order valence-electron chi connectivity index (χ1n) is 9.59. The quantitative estimate of drug-likeness (QED) is 0.408. The van der Waals surface area contributed by atoms with Crippen LogP contribution in [0.15, 0.2) is 65.1 Å². The van der Waals surface area contributed by atoms with Crippen LogP contribution in [0.1, 0.15) is 17.4 Å². The second-order valence-electron chi connectivity index (χ2n) is 6.19. The zero-order valence-corrected chi connectivity index (χ0v) is 17.5. The summed E-state index contributed by atoms with van der Waals surface area (Å²) in [7, 11) is 1.77. The van der Waals surface area contributed by atoms with Crippen molar-refractivity contribution < 1.29 is 9.47 Å². The number of thiophene rings is 1. The molecule has 0 aliphatic heterocycles. The van der Waals surface area contributed by atoms with Gasteiger partial charge in [-0.15, -0.1) is 11.3 Å². The molecule has 3 rings (SSSR count). The van der Waals surface area contributed by atoms with Gasteiger partial charge in [-0.1, -0.05) is 6.07 Å². The number of pyridine rings is 1. The lowest BCUT2D eigenvalue weighted by Gasteiger charge is -2.12. The Morgan fingerprint density at radius 1 is 1.10 bits per heavy atom. The van der Waals surface area contributed by atoms with Crippen molar-refractivity contribution in [2.45, 2.75) is 19.9 Å². The number of rotatable bonds is 9. The third-order valence-electron chi connectivity index (χ3n) is 4.08. The van der Waals surface area contributed by atoms with E-state index in [-0.39, 0.29) is 0 Å². The Labute approximate surface area is 175 Å².